The van der Waals surface area contributed by atoms with Gasteiger partial charge >= 0.3 is 0 Å². The van der Waals surface area contributed by atoms with E-state index in [0.717, 1.165) is 18.8 Å². The smallest absolute Gasteiger partial charge is 0.254 e. The number of aromatic nitrogens is 2. The molecule has 0 bridgehead atoms. The Labute approximate surface area is 138 Å². The van der Waals surface area contributed by atoms with Crippen molar-refractivity contribution in [3.63, 3.8) is 0 Å². The van der Waals surface area contributed by atoms with Gasteiger partial charge in [-0.05, 0) is 24.3 Å². The number of rotatable bonds is 2. The molecule has 1 saturated heterocycles. The van der Waals surface area contributed by atoms with Crippen LogP contribution in [0.15, 0.2) is 36.7 Å². The summed E-state index contributed by atoms with van der Waals surface area (Å²) in [5, 5.41) is 0.456. The van der Waals surface area contributed by atoms with Crippen LogP contribution in [0.2, 0.25) is 10.3 Å². The maximum Gasteiger partial charge on any atom is 0.254 e. The molecule has 3 heterocycles. The van der Waals surface area contributed by atoms with E-state index in [9.17, 15) is 4.79 Å². The van der Waals surface area contributed by atoms with E-state index in [1.165, 1.54) is 0 Å². The Bertz CT molecular complexity index is 652. The quantitative estimate of drug-likeness (QED) is 0.791. The first-order valence-corrected chi connectivity index (χ1v) is 7.66. The molecule has 2 aromatic heterocycles. The van der Waals surface area contributed by atoms with Gasteiger partial charge in [-0.2, -0.15) is 0 Å². The van der Waals surface area contributed by atoms with Crippen LogP contribution < -0.4 is 4.90 Å². The fourth-order valence-corrected chi connectivity index (χ4v) is 2.95. The summed E-state index contributed by atoms with van der Waals surface area (Å²) in [5.41, 5.74) is 1.60. The van der Waals surface area contributed by atoms with Crippen LogP contribution in [0.25, 0.3) is 0 Å². The lowest BCUT2D eigenvalue weighted by Crippen LogP contribution is -2.48. The van der Waals surface area contributed by atoms with Crippen molar-refractivity contribution >= 4 is 34.8 Å². The zero-order chi connectivity index (χ0) is 15.5. The van der Waals surface area contributed by atoms with Gasteiger partial charge in [-0.1, -0.05) is 23.2 Å². The molecule has 7 heteroatoms. The topological polar surface area (TPSA) is 49.3 Å². The van der Waals surface area contributed by atoms with E-state index >= 15 is 0 Å². The second kappa shape index (κ2) is 6.50. The molecule has 0 unspecified atom stereocenters. The minimum absolute atomic E-state index is 0.0689. The lowest BCUT2D eigenvalue weighted by Gasteiger charge is -2.36. The third kappa shape index (κ3) is 3.31. The van der Waals surface area contributed by atoms with E-state index in [4.69, 9.17) is 23.2 Å². The summed E-state index contributed by atoms with van der Waals surface area (Å²) in [4.78, 5) is 24.4. The molecular formula is C15H14Cl2N4O. The maximum atomic E-state index is 12.5. The molecule has 0 atom stereocenters. The minimum Gasteiger partial charge on any atom is -0.368 e. The van der Waals surface area contributed by atoms with Gasteiger partial charge < -0.3 is 9.80 Å². The number of nitrogens with zero attached hydrogens (tertiary/aromatic N) is 4. The van der Waals surface area contributed by atoms with Gasteiger partial charge in [0, 0.05) is 49.8 Å². The van der Waals surface area contributed by atoms with Crippen LogP contribution in [0, 0.1) is 0 Å². The van der Waals surface area contributed by atoms with Gasteiger partial charge in [0.1, 0.15) is 10.3 Å². The van der Waals surface area contributed by atoms with Crippen molar-refractivity contribution in [3.8, 4) is 0 Å². The molecule has 1 aliphatic heterocycles. The van der Waals surface area contributed by atoms with Crippen LogP contribution in [-0.2, 0) is 0 Å². The predicted octanol–water partition coefficient (Wildman–Crippen LogP) is 2.75. The zero-order valence-corrected chi connectivity index (χ0v) is 13.3. The Hall–Kier alpha value is -1.85. The van der Waals surface area contributed by atoms with E-state index in [-0.39, 0.29) is 16.2 Å². The van der Waals surface area contributed by atoms with Crippen LogP contribution in [0.4, 0.5) is 5.69 Å². The van der Waals surface area contributed by atoms with Crippen LogP contribution >= 0.6 is 23.2 Å². The highest BCUT2D eigenvalue weighted by Gasteiger charge is 2.23. The van der Waals surface area contributed by atoms with E-state index in [0.29, 0.717) is 18.7 Å². The number of hydrogen-bond acceptors (Lipinski definition) is 4. The summed E-state index contributed by atoms with van der Waals surface area (Å²) in [6, 6.07) is 7.04. The standard InChI is InChI=1S/C15H14Cl2N4O/c16-13-9-11(10-14(17)19-13)15(22)21-7-5-20(6-8-21)12-1-3-18-4-2-12/h1-4,9-10H,5-8H2. The first-order valence-electron chi connectivity index (χ1n) is 6.91. The minimum atomic E-state index is -0.0689. The van der Waals surface area contributed by atoms with Crippen molar-refractivity contribution in [1.82, 2.24) is 14.9 Å². The Morgan fingerprint density at radius 2 is 1.59 bits per heavy atom. The summed E-state index contributed by atoms with van der Waals surface area (Å²) in [5.74, 6) is -0.0689. The maximum absolute atomic E-state index is 12.5. The Balaban J connectivity index is 1.67. The molecule has 1 aliphatic rings. The van der Waals surface area contributed by atoms with Gasteiger partial charge in [0.05, 0.1) is 0 Å². The largest absolute Gasteiger partial charge is 0.368 e. The van der Waals surface area contributed by atoms with E-state index in [2.05, 4.69) is 14.9 Å². The summed E-state index contributed by atoms with van der Waals surface area (Å²) >= 11 is 11.7. The van der Waals surface area contributed by atoms with Gasteiger partial charge in [0.25, 0.3) is 5.91 Å². The Kier molecular flexibility index (Phi) is 4.45. The first-order chi connectivity index (χ1) is 10.6. The van der Waals surface area contributed by atoms with Gasteiger partial charge in [0.2, 0.25) is 0 Å². The van der Waals surface area contributed by atoms with Gasteiger partial charge in [0.15, 0.2) is 0 Å². The van der Waals surface area contributed by atoms with Crippen LogP contribution in [0.3, 0.4) is 0 Å². The van der Waals surface area contributed by atoms with Crippen molar-refractivity contribution in [2.45, 2.75) is 0 Å². The lowest BCUT2D eigenvalue weighted by molar-refractivity contribution is 0.0746. The van der Waals surface area contributed by atoms with Crippen molar-refractivity contribution in [3.05, 3.63) is 52.5 Å². The fraction of sp³-hybridized carbons (Fsp3) is 0.267. The number of amides is 1. The number of anilines is 1. The predicted molar refractivity (Wildman–Crippen MR) is 86.6 cm³/mol. The highest BCUT2D eigenvalue weighted by molar-refractivity contribution is 6.33. The monoisotopic (exact) mass is 336 g/mol. The molecule has 1 fully saturated rings. The number of piperazine rings is 1. The highest BCUT2D eigenvalue weighted by Crippen LogP contribution is 2.19. The SMILES string of the molecule is O=C(c1cc(Cl)nc(Cl)c1)N1CCN(c2ccncc2)CC1. The van der Waals surface area contributed by atoms with E-state index in [1.54, 1.807) is 29.4 Å². The molecule has 5 nitrogen and oxygen atoms in total. The lowest BCUT2D eigenvalue weighted by atomic mass is 10.2. The molecule has 2 aromatic rings. The second-order valence-electron chi connectivity index (χ2n) is 4.99. The summed E-state index contributed by atoms with van der Waals surface area (Å²) in [7, 11) is 0. The molecule has 1 amide bonds. The first kappa shape index (κ1) is 15.1. The van der Waals surface area contributed by atoms with Gasteiger partial charge in [-0.3, -0.25) is 9.78 Å². The van der Waals surface area contributed by atoms with Crippen molar-refractivity contribution < 1.29 is 4.79 Å². The van der Waals surface area contributed by atoms with Crippen molar-refractivity contribution in [2.75, 3.05) is 31.1 Å². The Morgan fingerprint density at radius 1 is 1.00 bits per heavy atom. The van der Waals surface area contributed by atoms with Gasteiger partial charge in [-0.25, -0.2) is 4.98 Å². The van der Waals surface area contributed by atoms with Gasteiger partial charge in [-0.15, -0.1) is 0 Å². The highest BCUT2D eigenvalue weighted by atomic mass is 35.5. The average Bonchev–Trinajstić information content (AvgIpc) is 2.54. The van der Waals surface area contributed by atoms with Crippen molar-refractivity contribution in [1.29, 1.82) is 0 Å². The molecule has 114 valence electrons. The zero-order valence-electron chi connectivity index (χ0n) is 11.7. The van der Waals surface area contributed by atoms with Crippen LogP contribution in [0.1, 0.15) is 10.4 Å². The number of carbonyl (C=O) groups excluding carboxylic acids is 1. The number of carbonyl (C=O) groups is 1. The van der Waals surface area contributed by atoms with E-state index < -0.39 is 0 Å². The molecule has 0 N–H and O–H groups in total. The second-order valence-corrected chi connectivity index (χ2v) is 5.76. The average molecular weight is 337 g/mol. The molecule has 22 heavy (non-hydrogen) atoms. The third-order valence-electron chi connectivity index (χ3n) is 3.60. The molecule has 3 rings (SSSR count). The summed E-state index contributed by atoms with van der Waals surface area (Å²) in [6.07, 6.45) is 3.54. The number of pyridine rings is 2. The summed E-state index contributed by atoms with van der Waals surface area (Å²) in [6.45, 7) is 2.86. The number of hydrogen-bond donors (Lipinski definition) is 0. The molecule has 0 radical (unpaired) electrons. The normalized spacial score (nSPS) is 15.0. The van der Waals surface area contributed by atoms with Crippen LogP contribution in [0.5, 0.6) is 0 Å². The fourth-order valence-electron chi connectivity index (χ4n) is 2.49. The third-order valence-corrected chi connectivity index (χ3v) is 3.99. The summed E-state index contributed by atoms with van der Waals surface area (Å²) < 4.78 is 0. The Morgan fingerprint density at radius 3 is 2.18 bits per heavy atom. The molecule has 0 saturated carbocycles. The molecule has 0 aliphatic carbocycles. The molecule has 0 spiro atoms. The van der Waals surface area contributed by atoms with E-state index in [1.807, 2.05) is 12.1 Å². The molecular weight excluding hydrogens is 323 g/mol. The molecule has 0 aromatic carbocycles. The van der Waals surface area contributed by atoms with Crippen LogP contribution in [-0.4, -0.2) is 47.0 Å². The number of halogens is 2. The van der Waals surface area contributed by atoms with Crippen molar-refractivity contribution in [2.24, 2.45) is 0 Å².